The lowest BCUT2D eigenvalue weighted by atomic mass is 10.0. The minimum absolute atomic E-state index is 0.865. The van der Waals surface area contributed by atoms with Crippen LogP contribution in [0.1, 0.15) is 46.0 Å². The molecule has 1 rings (SSSR count). The summed E-state index contributed by atoms with van der Waals surface area (Å²) in [5.74, 6) is 2.10. The highest BCUT2D eigenvalue weighted by atomic mass is 33.1. The van der Waals surface area contributed by atoms with Gasteiger partial charge in [0.1, 0.15) is 5.03 Å². The van der Waals surface area contributed by atoms with E-state index >= 15 is 0 Å². The number of hydrogen-bond donors (Lipinski definition) is 0. The first-order valence-electron chi connectivity index (χ1n) is 6.49. The van der Waals surface area contributed by atoms with E-state index in [1.807, 2.05) is 29.1 Å². The lowest BCUT2D eigenvalue weighted by Gasteiger charge is -2.04. The minimum atomic E-state index is 0.865. The van der Waals surface area contributed by atoms with Crippen LogP contribution in [0.15, 0.2) is 29.4 Å². The van der Waals surface area contributed by atoms with Crippen LogP contribution in [0.2, 0.25) is 0 Å². The SMILES string of the molecule is CC(C)CCCCCCSSc1ccccn1. The third kappa shape index (κ3) is 8.56. The predicted octanol–water partition coefficient (Wildman–Crippen LogP) is 5.43. The van der Waals surface area contributed by atoms with E-state index in [1.54, 1.807) is 10.8 Å². The highest BCUT2D eigenvalue weighted by Crippen LogP contribution is 2.29. The molecule has 1 heterocycles. The first-order chi connectivity index (χ1) is 8.29. The smallest absolute Gasteiger partial charge is 0.106 e. The lowest BCUT2D eigenvalue weighted by Crippen LogP contribution is -1.87. The Morgan fingerprint density at radius 3 is 2.65 bits per heavy atom. The van der Waals surface area contributed by atoms with Crippen molar-refractivity contribution in [3.63, 3.8) is 0 Å². The van der Waals surface area contributed by atoms with Crippen LogP contribution in [-0.2, 0) is 0 Å². The third-order valence-electron chi connectivity index (χ3n) is 2.54. The molecule has 0 atom stereocenters. The lowest BCUT2D eigenvalue weighted by molar-refractivity contribution is 0.525. The molecule has 0 aromatic carbocycles. The molecule has 0 aliphatic carbocycles. The minimum Gasteiger partial charge on any atom is -0.249 e. The molecule has 0 aliphatic rings. The van der Waals surface area contributed by atoms with E-state index in [4.69, 9.17) is 0 Å². The summed E-state index contributed by atoms with van der Waals surface area (Å²) in [7, 11) is 3.72. The van der Waals surface area contributed by atoms with E-state index in [9.17, 15) is 0 Å². The van der Waals surface area contributed by atoms with Crippen LogP contribution in [0.25, 0.3) is 0 Å². The van der Waals surface area contributed by atoms with Crippen molar-refractivity contribution in [1.29, 1.82) is 0 Å². The molecule has 0 bridgehead atoms. The summed E-state index contributed by atoms with van der Waals surface area (Å²) >= 11 is 0. The van der Waals surface area contributed by atoms with E-state index in [1.165, 1.54) is 37.9 Å². The molecular formula is C14H23NS2. The molecule has 0 radical (unpaired) electrons. The van der Waals surface area contributed by atoms with Crippen molar-refractivity contribution in [3.05, 3.63) is 24.4 Å². The number of pyridine rings is 1. The summed E-state index contributed by atoms with van der Waals surface area (Å²) in [5.41, 5.74) is 0. The zero-order valence-electron chi connectivity index (χ0n) is 10.9. The van der Waals surface area contributed by atoms with Crippen molar-refractivity contribution in [3.8, 4) is 0 Å². The first-order valence-corrected chi connectivity index (χ1v) is 8.81. The second-order valence-electron chi connectivity index (χ2n) is 4.67. The maximum absolute atomic E-state index is 4.29. The van der Waals surface area contributed by atoms with Gasteiger partial charge in [0.05, 0.1) is 0 Å². The highest BCUT2D eigenvalue weighted by Gasteiger charge is 1.96. The van der Waals surface area contributed by atoms with Crippen molar-refractivity contribution in [2.45, 2.75) is 51.0 Å². The summed E-state index contributed by atoms with van der Waals surface area (Å²) in [5, 5.41) is 1.12. The van der Waals surface area contributed by atoms with Gasteiger partial charge in [-0.1, -0.05) is 56.4 Å². The number of nitrogens with zero attached hydrogens (tertiary/aromatic N) is 1. The van der Waals surface area contributed by atoms with Gasteiger partial charge in [-0.05, 0) is 35.3 Å². The molecular weight excluding hydrogens is 246 g/mol. The van der Waals surface area contributed by atoms with Crippen molar-refractivity contribution in [1.82, 2.24) is 4.98 Å². The first kappa shape index (κ1) is 14.9. The van der Waals surface area contributed by atoms with Crippen molar-refractivity contribution < 1.29 is 0 Å². The fourth-order valence-corrected chi connectivity index (χ4v) is 3.59. The second kappa shape index (κ2) is 9.84. The van der Waals surface area contributed by atoms with E-state index < -0.39 is 0 Å². The van der Waals surface area contributed by atoms with E-state index in [0.717, 1.165) is 10.9 Å². The van der Waals surface area contributed by atoms with Gasteiger partial charge in [-0.25, -0.2) is 4.98 Å². The molecule has 0 spiro atoms. The molecule has 1 nitrogen and oxygen atoms in total. The molecule has 96 valence electrons. The van der Waals surface area contributed by atoms with Crippen LogP contribution in [-0.4, -0.2) is 10.7 Å². The predicted molar refractivity (Wildman–Crippen MR) is 80.5 cm³/mol. The second-order valence-corrected chi connectivity index (χ2v) is 7.11. The number of hydrogen-bond acceptors (Lipinski definition) is 3. The molecule has 0 N–H and O–H groups in total. The Bertz CT molecular complexity index is 275. The van der Waals surface area contributed by atoms with E-state index in [-0.39, 0.29) is 0 Å². The van der Waals surface area contributed by atoms with Crippen molar-refractivity contribution in [2.24, 2.45) is 5.92 Å². The van der Waals surface area contributed by atoms with Gasteiger partial charge in [0.15, 0.2) is 0 Å². The van der Waals surface area contributed by atoms with Crippen LogP contribution in [0.3, 0.4) is 0 Å². The molecule has 17 heavy (non-hydrogen) atoms. The van der Waals surface area contributed by atoms with Gasteiger partial charge in [0.2, 0.25) is 0 Å². The van der Waals surface area contributed by atoms with Gasteiger partial charge in [-0.15, -0.1) is 0 Å². The Kier molecular flexibility index (Phi) is 8.63. The van der Waals surface area contributed by atoms with Gasteiger partial charge in [-0.2, -0.15) is 0 Å². The Labute approximate surface area is 114 Å². The number of rotatable bonds is 9. The molecule has 0 amide bonds. The molecule has 3 heteroatoms. The van der Waals surface area contributed by atoms with Crippen LogP contribution in [0.5, 0.6) is 0 Å². The molecule has 0 aliphatic heterocycles. The fraction of sp³-hybridized carbons (Fsp3) is 0.643. The molecule has 0 saturated carbocycles. The summed E-state index contributed by atoms with van der Waals surface area (Å²) in [6.07, 6.45) is 8.75. The zero-order chi connectivity index (χ0) is 12.3. The Balaban J connectivity index is 1.88. The molecule has 0 unspecified atom stereocenters. The maximum Gasteiger partial charge on any atom is 0.106 e. The van der Waals surface area contributed by atoms with Crippen LogP contribution in [0, 0.1) is 5.92 Å². The summed E-state index contributed by atoms with van der Waals surface area (Å²) in [4.78, 5) is 4.29. The van der Waals surface area contributed by atoms with Crippen molar-refractivity contribution in [2.75, 3.05) is 5.75 Å². The molecule has 1 aromatic rings. The van der Waals surface area contributed by atoms with Crippen molar-refractivity contribution >= 4 is 21.6 Å². The monoisotopic (exact) mass is 269 g/mol. The highest BCUT2D eigenvalue weighted by molar-refractivity contribution is 8.76. The average molecular weight is 269 g/mol. The Morgan fingerprint density at radius 1 is 1.12 bits per heavy atom. The van der Waals surface area contributed by atoms with Gasteiger partial charge in [-0.3, -0.25) is 0 Å². The third-order valence-corrected chi connectivity index (χ3v) is 4.89. The van der Waals surface area contributed by atoms with Crippen LogP contribution >= 0.6 is 21.6 Å². The van der Waals surface area contributed by atoms with Gasteiger partial charge in [0.25, 0.3) is 0 Å². The molecule has 0 fully saturated rings. The van der Waals surface area contributed by atoms with Gasteiger partial charge < -0.3 is 0 Å². The topological polar surface area (TPSA) is 12.9 Å². The summed E-state index contributed by atoms with van der Waals surface area (Å²) in [6.45, 7) is 4.61. The fourth-order valence-electron chi connectivity index (χ4n) is 1.57. The summed E-state index contributed by atoms with van der Waals surface area (Å²) in [6, 6.07) is 6.07. The van der Waals surface area contributed by atoms with Gasteiger partial charge >= 0.3 is 0 Å². The Morgan fingerprint density at radius 2 is 1.94 bits per heavy atom. The maximum atomic E-state index is 4.29. The zero-order valence-corrected chi connectivity index (χ0v) is 12.5. The van der Waals surface area contributed by atoms with Gasteiger partial charge in [0, 0.05) is 11.9 Å². The van der Waals surface area contributed by atoms with Crippen LogP contribution < -0.4 is 0 Å². The standard InChI is InChI=1S/C14H23NS2/c1-13(2)9-5-3-4-8-12-16-17-14-10-6-7-11-15-14/h6-7,10-11,13H,3-5,8-9,12H2,1-2H3. The van der Waals surface area contributed by atoms with E-state index in [2.05, 4.69) is 24.9 Å². The number of aromatic nitrogens is 1. The molecule has 0 saturated heterocycles. The quantitative estimate of drug-likeness (QED) is 0.438. The summed E-state index contributed by atoms with van der Waals surface area (Å²) < 4.78 is 0. The van der Waals surface area contributed by atoms with E-state index in [0.29, 0.717) is 0 Å². The number of unbranched alkanes of at least 4 members (excludes halogenated alkanes) is 3. The average Bonchev–Trinajstić information content (AvgIpc) is 2.33. The molecule has 1 aromatic heterocycles. The normalized spacial score (nSPS) is 11.0. The van der Waals surface area contributed by atoms with Crippen LogP contribution in [0.4, 0.5) is 0 Å². The Hall–Kier alpha value is -0.150. The largest absolute Gasteiger partial charge is 0.249 e.